The third-order valence-corrected chi connectivity index (χ3v) is 4.02. The van der Waals surface area contributed by atoms with E-state index >= 15 is 0 Å². The van der Waals surface area contributed by atoms with Gasteiger partial charge in [0.25, 0.3) is 0 Å². The van der Waals surface area contributed by atoms with Crippen molar-refractivity contribution in [3.63, 3.8) is 0 Å². The lowest BCUT2D eigenvalue weighted by Gasteiger charge is -2.10. The van der Waals surface area contributed by atoms with Crippen LogP contribution in [0.4, 0.5) is 0 Å². The molecular weight excluding hydrogens is 218 g/mol. The van der Waals surface area contributed by atoms with E-state index in [9.17, 15) is 0 Å². The highest BCUT2D eigenvalue weighted by molar-refractivity contribution is 5.63. The number of aryl methyl sites for hydroxylation is 3. The van der Waals surface area contributed by atoms with Crippen molar-refractivity contribution in [1.29, 1.82) is 0 Å². The van der Waals surface area contributed by atoms with Gasteiger partial charge in [-0.05, 0) is 44.9 Å². The lowest BCUT2D eigenvalue weighted by Crippen LogP contribution is -2.36. The molecule has 0 unspecified atom stereocenters. The molecule has 2 rings (SSSR count). The van der Waals surface area contributed by atoms with E-state index in [1.54, 1.807) is 0 Å². The summed E-state index contributed by atoms with van der Waals surface area (Å²) in [7, 11) is 2.15. The Balaban J connectivity index is 2.75. The molecule has 0 aliphatic heterocycles. The number of nitrogens with zero attached hydrogens (tertiary/aromatic N) is 1. The zero-order valence-electron chi connectivity index (χ0n) is 12.3. The highest BCUT2D eigenvalue weighted by Crippen LogP contribution is 2.24. The van der Waals surface area contributed by atoms with Gasteiger partial charge in [-0.15, -0.1) is 0 Å². The van der Waals surface area contributed by atoms with Crippen LogP contribution >= 0.6 is 0 Å². The maximum atomic E-state index is 2.30. The highest BCUT2D eigenvalue weighted by atomic mass is 14.9. The fraction of sp³-hybridized carbons (Fsp3) is 0.353. The SMILES string of the molecule is Cc1ccc(C)c(-c2cc(C)c(C)c(C)[n+]2C)c1. The smallest absolute Gasteiger partial charge is 0.198 e. The molecule has 0 saturated heterocycles. The minimum atomic E-state index is 1.30. The normalized spacial score (nSPS) is 10.8. The molecule has 0 atom stereocenters. The summed E-state index contributed by atoms with van der Waals surface area (Å²) in [4.78, 5) is 0. The van der Waals surface area contributed by atoms with Crippen LogP contribution in [0.1, 0.15) is 27.9 Å². The predicted molar refractivity (Wildman–Crippen MR) is 76.7 cm³/mol. The average molecular weight is 240 g/mol. The molecule has 1 heteroatoms. The van der Waals surface area contributed by atoms with Gasteiger partial charge in [-0.1, -0.05) is 17.7 Å². The Morgan fingerprint density at radius 1 is 0.833 bits per heavy atom. The van der Waals surface area contributed by atoms with Crippen LogP contribution < -0.4 is 4.57 Å². The quantitative estimate of drug-likeness (QED) is 0.669. The Hall–Kier alpha value is -1.63. The maximum Gasteiger partial charge on any atom is 0.213 e. The topological polar surface area (TPSA) is 3.88 Å². The van der Waals surface area contributed by atoms with Crippen molar-refractivity contribution in [1.82, 2.24) is 0 Å². The summed E-state index contributed by atoms with van der Waals surface area (Å²) in [6.07, 6.45) is 0. The molecule has 0 fully saturated rings. The number of benzene rings is 1. The standard InChI is InChI=1S/C17H22N/c1-11-7-8-12(2)16(9-11)17-10-13(3)14(4)15(5)18(17)6/h7-10H,1-6H3/q+1. The molecule has 1 aromatic heterocycles. The van der Waals surface area contributed by atoms with Crippen LogP contribution in [0.15, 0.2) is 24.3 Å². The van der Waals surface area contributed by atoms with Crippen LogP contribution in [0.5, 0.6) is 0 Å². The molecule has 0 aliphatic carbocycles. The molecule has 0 bridgehead atoms. The second-order valence-electron chi connectivity index (χ2n) is 5.30. The molecule has 0 amide bonds. The van der Waals surface area contributed by atoms with E-state index in [0.29, 0.717) is 0 Å². The summed E-state index contributed by atoms with van der Waals surface area (Å²) in [5.41, 5.74) is 9.37. The molecule has 1 aromatic carbocycles. The third kappa shape index (κ3) is 2.05. The van der Waals surface area contributed by atoms with E-state index in [1.807, 2.05) is 0 Å². The van der Waals surface area contributed by atoms with Crippen molar-refractivity contribution in [2.45, 2.75) is 34.6 Å². The lowest BCUT2D eigenvalue weighted by atomic mass is 9.99. The number of pyridine rings is 1. The van der Waals surface area contributed by atoms with Crippen LogP contribution in [0.2, 0.25) is 0 Å². The molecule has 1 nitrogen and oxygen atoms in total. The van der Waals surface area contributed by atoms with Gasteiger partial charge in [0.2, 0.25) is 5.69 Å². The van der Waals surface area contributed by atoms with Gasteiger partial charge in [-0.3, -0.25) is 0 Å². The van der Waals surface area contributed by atoms with E-state index in [2.05, 4.69) is 70.5 Å². The zero-order valence-corrected chi connectivity index (χ0v) is 12.3. The Kier molecular flexibility index (Phi) is 3.25. The van der Waals surface area contributed by atoms with Gasteiger partial charge in [0, 0.05) is 24.1 Å². The van der Waals surface area contributed by atoms with Gasteiger partial charge in [0.05, 0.1) is 0 Å². The van der Waals surface area contributed by atoms with Gasteiger partial charge < -0.3 is 0 Å². The van der Waals surface area contributed by atoms with Gasteiger partial charge >= 0.3 is 0 Å². The number of hydrogen-bond acceptors (Lipinski definition) is 0. The summed E-state index contributed by atoms with van der Waals surface area (Å²) in [6.45, 7) is 10.9. The minimum Gasteiger partial charge on any atom is -0.198 e. The maximum absolute atomic E-state index is 2.30. The highest BCUT2D eigenvalue weighted by Gasteiger charge is 2.17. The van der Waals surface area contributed by atoms with Gasteiger partial charge in [0.1, 0.15) is 7.05 Å². The van der Waals surface area contributed by atoms with E-state index < -0.39 is 0 Å². The number of aromatic nitrogens is 1. The largest absolute Gasteiger partial charge is 0.213 e. The first-order valence-electron chi connectivity index (χ1n) is 6.46. The van der Waals surface area contributed by atoms with E-state index in [0.717, 1.165) is 0 Å². The fourth-order valence-electron chi connectivity index (χ4n) is 2.40. The lowest BCUT2D eigenvalue weighted by molar-refractivity contribution is -0.667. The average Bonchev–Trinajstić information content (AvgIpc) is 2.34. The van der Waals surface area contributed by atoms with Crippen LogP contribution in [0.25, 0.3) is 11.3 Å². The van der Waals surface area contributed by atoms with Crippen LogP contribution in [0, 0.1) is 34.6 Å². The summed E-state index contributed by atoms with van der Waals surface area (Å²) in [5, 5.41) is 0. The first-order chi connectivity index (χ1) is 8.41. The molecule has 0 aliphatic rings. The number of hydrogen-bond donors (Lipinski definition) is 0. The van der Waals surface area contributed by atoms with Gasteiger partial charge in [0.15, 0.2) is 5.69 Å². The summed E-state index contributed by atoms with van der Waals surface area (Å²) in [6, 6.07) is 8.95. The van der Waals surface area contributed by atoms with E-state index in [4.69, 9.17) is 0 Å². The molecule has 0 radical (unpaired) electrons. The Bertz CT molecular complexity index is 609. The van der Waals surface area contributed by atoms with Crippen molar-refractivity contribution >= 4 is 0 Å². The minimum absolute atomic E-state index is 1.30. The fourth-order valence-corrected chi connectivity index (χ4v) is 2.40. The molecule has 1 heterocycles. The molecule has 2 aromatic rings. The van der Waals surface area contributed by atoms with Crippen molar-refractivity contribution in [2.24, 2.45) is 7.05 Å². The van der Waals surface area contributed by atoms with Gasteiger partial charge in [-0.2, -0.15) is 4.57 Å². The van der Waals surface area contributed by atoms with Crippen LogP contribution in [-0.4, -0.2) is 0 Å². The summed E-state index contributed by atoms with van der Waals surface area (Å²) in [5.74, 6) is 0. The molecule has 0 saturated carbocycles. The summed E-state index contributed by atoms with van der Waals surface area (Å²) >= 11 is 0. The molecule has 18 heavy (non-hydrogen) atoms. The van der Waals surface area contributed by atoms with Crippen molar-refractivity contribution in [3.05, 3.63) is 52.2 Å². The van der Waals surface area contributed by atoms with Crippen molar-refractivity contribution < 1.29 is 4.57 Å². The molecular formula is C17H22N+. The Labute approximate surface area is 110 Å². The molecule has 94 valence electrons. The second kappa shape index (κ2) is 4.56. The van der Waals surface area contributed by atoms with Crippen molar-refractivity contribution in [2.75, 3.05) is 0 Å². The number of rotatable bonds is 1. The first-order valence-corrected chi connectivity index (χ1v) is 6.46. The third-order valence-electron chi connectivity index (χ3n) is 4.02. The van der Waals surface area contributed by atoms with Gasteiger partial charge in [-0.25, -0.2) is 0 Å². The Morgan fingerprint density at radius 3 is 2.17 bits per heavy atom. The zero-order chi connectivity index (χ0) is 13.4. The molecule has 0 spiro atoms. The Morgan fingerprint density at radius 2 is 1.50 bits per heavy atom. The summed E-state index contributed by atoms with van der Waals surface area (Å²) < 4.78 is 2.30. The van der Waals surface area contributed by atoms with Crippen LogP contribution in [0.3, 0.4) is 0 Å². The van der Waals surface area contributed by atoms with E-state index in [1.165, 1.54) is 39.2 Å². The second-order valence-corrected chi connectivity index (χ2v) is 5.30. The monoisotopic (exact) mass is 240 g/mol. The van der Waals surface area contributed by atoms with Crippen molar-refractivity contribution in [3.8, 4) is 11.3 Å². The van der Waals surface area contributed by atoms with E-state index in [-0.39, 0.29) is 0 Å². The molecule has 0 N–H and O–H groups in total. The predicted octanol–water partition coefficient (Wildman–Crippen LogP) is 3.72. The van der Waals surface area contributed by atoms with Crippen LogP contribution in [-0.2, 0) is 7.05 Å². The first kappa shape index (κ1) is 12.8.